The standard InChI is InChI=1S/C13H14ClN3O2/c1-2-10(12-11(18)7-15-13(12)19)17-16-9-5-3-8(14)4-6-9/h3-6,16,18H,2,7H2,1H3,(H,15,19). The van der Waals surface area contributed by atoms with Crippen LogP contribution in [0.2, 0.25) is 5.02 Å². The van der Waals surface area contributed by atoms with Gasteiger partial charge in [-0.15, -0.1) is 0 Å². The Balaban J connectivity index is 2.18. The van der Waals surface area contributed by atoms with Crippen LogP contribution in [0, 0.1) is 0 Å². The number of aliphatic hydroxyl groups is 1. The Bertz CT molecular complexity index is 550. The number of nitrogens with one attached hydrogen (secondary N) is 2. The Hall–Kier alpha value is -2.01. The van der Waals surface area contributed by atoms with E-state index in [0.29, 0.717) is 17.2 Å². The molecule has 1 aromatic carbocycles. The molecule has 1 heterocycles. The number of aliphatic hydroxyl groups excluding tert-OH is 1. The molecule has 6 heteroatoms. The summed E-state index contributed by atoms with van der Waals surface area (Å²) in [5.41, 5.74) is 4.37. The van der Waals surface area contributed by atoms with Gasteiger partial charge in [0, 0.05) is 5.02 Å². The maximum absolute atomic E-state index is 11.6. The van der Waals surface area contributed by atoms with Crippen LogP contribution in [0.15, 0.2) is 40.7 Å². The van der Waals surface area contributed by atoms with Gasteiger partial charge in [-0.25, -0.2) is 0 Å². The molecule has 1 amide bonds. The van der Waals surface area contributed by atoms with E-state index in [4.69, 9.17) is 11.6 Å². The van der Waals surface area contributed by atoms with Crippen LogP contribution in [0.3, 0.4) is 0 Å². The molecular weight excluding hydrogens is 266 g/mol. The number of nitrogens with zero attached hydrogens (tertiary/aromatic N) is 1. The van der Waals surface area contributed by atoms with Crippen molar-refractivity contribution in [3.05, 3.63) is 40.6 Å². The fraction of sp³-hybridized carbons (Fsp3) is 0.231. The minimum absolute atomic E-state index is 0.0310. The molecule has 19 heavy (non-hydrogen) atoms. The molecule has 0 unspecified atom stereocenters. The third-order valence-corrected chi connectivity index (χ3v) is 2.97. The fourth-order valence-corrected chi connectivity index (χ4v) is 1.86. The summed E-state index contributed by atoms with van der Waals surface area (Å²) < 4.78 is 0. The van der Waals surface area contributed by atoms with Crippen molar-refractivity contribution in [3.63, 3.8) is 0 Å². The van der Waals surface area contributed by atoms with Gasteiger partial charge >= 0.3 is 0 Å². The van der Waals surface area contributed by atoms with Crippen LogP contribution >= 0.6 is 11.6 Å². The Morgan fingerprint density at radius 3 is 2.68 bits per heavy atom. The molecule has 0 spiro atoms. The number of carbonyl (C=O) groups excluding carboxylic acids is 1. The van der Waals surface area contributed by atoms with Crippen LogP contribution in [0.1, 0.15) is 13.3 Å². The van der Waals surface area contributed by atoms with Crippen molar-refractivity contribution < 1.29 is 9.90 Å². The molecule has 0 atom stereocenters. The number of carbonyl (C=O) groups is 1. The Morgan fingerprint density at radius 1 is 1.47 bits per heavy atom. The second-order valence-corrected chi connectivity index (χ2v) is 4.47. The molecule has 0 aromatic heterocycles. The minimum atomic E-state index is -0.295. The van der Waals surface area contributed by atoms with Crippen LogP contribution in [0.25, 0.3) is 0 Å². The molecule has 0 saturated carbocycles. The summed E-state index contributed by atoms with van der Waals surface area (Å²) >= 11 is 5.79. The van der Waals surface area contributed by atoms with Crippen LogP contribution < -0.4 is 10.7 Å². The van der Waals surface area contributed by atoms with Gasteiger partial charge in [-0.1, -0.05) is 18.5 Å². The minimum Gasteiger partial charge on any atom is -0.510 e. The number of hydrazone groups is 1. The van der Waals surface area contributed by atoms with Crippen LogP contribution in [0.5, 0.6) is 0 Å². The lowest BCUT2D eigenvalue weighted by Crippen LogP contribution is -2.21. The van der Waals surface area contributed by atoms with E-state index in [1.807, 2.05) is 6.92 Å². The van der Waals surface area contributed by atoms with Gasteiger partial charge in [0.15, 0.2) is 0 Å². The number of hydrogen-bond acceptors (Lipinski definition) is 4. The molecule has 0 fully saturated rings. The van der Waals surface area contributed by atoms with Crippen molar-refractivity contribution in [1.29, 1.82) is 0 Å². The molecule has 0 radical (unpaired) electrons. The molecular formula is C13H14ClN3O2. The van der Waals surface area contributed by atoms with Crippen molar-refractivity contribution in [2.75, 3.05) is 12.0 Å². The smallest absolute Gasteiger partial charge is 0.257 e. The summed E-state index contributed by atoms with van der Waals surface area (Å²) in [6, 6.07) is 7.04. The lowest BCUT2D eigenvalue weighted by atomic mass is 10.1. The molecule has 1 aliphatic heterocycles. The normalized spacial score (nSPS) is 15.7. The average Bonchev–Trinajstić information content (AvgIpc) is 2.73. The van der Waals surface area contributed by atoms with E-state index in [1.54, 1.807) is 24.3 Å². The summed E-state index contributed by atoms with van der Waals surface area (Å²) in [5, 5.41) is 17.0. The number of anilines is 1. The van der Waals surface area contributed by atoms with Crippen molar-refractivity contribution in [3.8, 4) is 0 Å². The zero-order chi connectivity index (χ0) is 13.8. The predicted octanol–water partition coefficient (Wildman–Crippen LogP) is 2.46. The van der Waals surface area contributed by atoms with Crippen molar-refractivity contribution in [2.45, 2.75) is 13.3 Å². The van der Waals surface area contributed by atoms with E-state index in [-0.39, 0.29) is 23.8 Å². The maximum Gasteiger partial charge on any atom is 0.257 e. The van der Waals surface area contributed by atoms with E-state index >= 15 is 0 Å². The zero-order valence-electron chi connectivity index (χ0n) is 10.4. The fourth-order valence-electron chi connectivity index (χ4n) is 1.74. The van der Waals surface area contributed by atoms with Crippen LogP contribution in [-0.2, 0) is 4.79 Å². The lowest BCUT2D eigenvalue weighted by molar-refractivity contribution is -0.116. The van der Waals surface area contributed by atoms with Gasteiger partial charge < -0.3 is 10.4 Å². The number of hydrogen-bond donors (Lipinski definition) is 3. The molecule has 100 valence electrons. The van der Waals surface area contributed by atoms with Gasteiger partial charge in [-0.05, 0) is 30.7 Å². The summed E-state index contributed by atoms with van der Waals surface area (Å²) in [7, 11) is 0. The molecule has 1 aliphatic rings. The molecule has 0 aliphatic carbocycles. The number of halogens is 1. The molecule has 5 nitrogen and oxygen atoms in total. The summed E-state index contributed by atoms with van der Waals surface area (Å²) in [6.07, 6.45) is 0.535. The monoisotopic (exact) mass is 279 g/mol. The Morgan fingerprint density at radius 2 is 2.16 bits per heavy atom. The first-order valence-corrected chi connectivity index (χ1v) is 6.28. The second kappa shape index (κ2) is 5.75. The lowest BCUT2D eigenvalue weighted by Gasteiger charge is -2.06. The van der Waals surface area contributed by atoms with E-state index in [0.717, 1.165) is 5.69 Å². The molecule has 1 aromatic rings. The highest BCUT2D eigenvalue weighted by Crippen LogP contribution is 2.16. The average molecular weight is 280 g/mol. The van der Waals surface area contributed by atoms with E-state index in [1.165, 1.54) is 0 Å². The first-order chi connectivity index (χ1) is 9.11. The Labute approximate surface area is 116 Å². The largest absolute Gasteiger partial charge is 0.510 e. The number of amides is 1. The third kappa shape index (κ3) is 3.06. The number of rotatable bonds is 4. The topological polar surface area (TPSA) is 73.7 Å². The first kappa shape index (κ1) is 13.4. The molecule has 2 rings (SSSR count). The summed E-state index contributed by atoms with van der Waals surface area (Å²) in [6.45, 7) is 2.03. The van der Waals surface area contributed by atoms with Crippen molar-refractivity contribution in [1.82, 2.24) is 5.32 Å². The quantitative estimate of drug-likeness (QED) is 0.585. The maximum atomic E-state index is 11.6. The molecule has 0 bridgehead atoms. The Kier molecular flexibility index (Phi) is 4.06. The van der Waals surface area contributed by atoms with Gasteiger partial charge in [0.25, 0.3) is 5.91 Å². The van der Waals surface area contributed by atoms with Crippen LogP contribution in [-0.4, -0.2) is 23.3 Å². The number of benzene rings is 1. The van der Waals surface area contributed by atoms with E-state index in [9.17, 15) is 9.90 Å². The predicted molar refractivity (Wildman–Crippen MR) is 75.5 cm³/mol. The highest BCUT2D eigenvalue weighted by molar-refractivity contribution is 6.30. The molecule has 3 N–H and O–H groups in total. The van der Waals surface area contributed by atoms with Crippen LogP contribution in [0.4, 0.5) is 5.69 Å². The summed E-state index contributed by atoms with van der Waals surface area (Å²) in [5.74, 6) is -0.264. The highest BCUT2D eigenvalue weighted by Gasteiger charge is 2.25. The summed E-state index contributed by atoms with van der Waals surface area (Å²) in [4.78, 5) is 11.6. The molecule has 0 saturated heterocycles. The highest BCUT2D eigenvalue weighted by atomic mass is 35.5. The van der Waals surface area contributed by atoms with Gasteiger partial charge in [0.2, 0.25) is 0 Å². The zero-order valence-corrected chi connectivity index (χ0v) is 11.2. The van der Waals surface area contributed by atoms with Crippen molar-refractivity contribution in [2.24, 2.45) is 5.10 Å². The third-order valence-electron chi connectivity index (χ3n) is 2.72. The van der Waals surface area contributed by atoms with E-state index in [2.05, 4.69) is 15.8 Å². The van der Waals surface area contributed by atoms with E-state index < -0.39 is 0 Å². The first-order valence-electron chi connectivity index (χ1n) is 5.90. The SMILES string of the molecule is CCC(=NNc1ccc(Cl)cc1)C1=C(O)CNC1=O. The van der Waals surface area contributed by atoms with Gasteiger partial charge in [-0.3, -0.25) is 10.2 Å². The van der Waals surface area contributed by atoms with Gasteiger partial charge in [0.05, 0.1) is 17.9 Å². The second-order valence-electron chi connectivity index (χ2n) is 4.04. The van der Waals surface area contributed by atoms with Gasteiger partial charge in [0.1, 0.15) is 11.3 Å². The van der Waals surface area contributed by atoms with Crippen molar-refractivity contribution >= 4 is 28.9 Å². The van der Waals surface area contributed by atoms with Gasteiger partial charge in [-0.2, -0.15) is 5.10 Å².